The molecule has 0 aromatic heterocycles. The van der Waals surface area contributed by atoms with E-state index >= 15 is 0 Å². The Hall–Kier alpha value is -1.60. The van der Waals surface area contributed by atoms with Crippen LogP contribution in [0.15, 0.2) is 29.2 Å². The van der Waals surface area contributed by atoms with Crippen LogP contribution in [-0.4, -0.2) is 32.5 Å². The molecule has 0 atom stereocenters. The Morgan fingerprint density at radius 2 is 1.83 bits per heavy atom. The zero-order valence-electron chi connectivity index (χ0n) is 9.83. The molecule has 0 spiro atoms. The smallest absolute Gasteiger partial charge is 0.306 e. The first-order valence-electron chi connectivity index (χ1n) is 5.46. The molecule has 1 aromatic rings. The summed E-state index contributed by atoms with van der Waals surface area (Å²) in [6.07, 6.45) is 0.108. The van der Waals surface area contributed by atoms with Gasteiger partial charge < -0.3 is 4.90 Å². The number of carbonyl (C=O) groups excluding carboxylic acids is 1. The van der Waals surface area contributed by atoms with Crippen molar-refractivity contribution in [3.63, 3.8) is 0 Å². The van der Waals surface area contributed by atoms with Crippen molar-refractivity contribution < 1.29 is 22.4 Å². The largest absolute Gasteiger partial charge is 0.442 e. The lowest BCUT2D eigenvalue weighted by Crippen LogP contribution is -2.42. The molecule has 1 saturated heterocycles. The van der Waals surface area contributed by atoms with Crippen LogP contribution < -0.4 is 0 Å². The molecule has 0 bridgehead atoms. The van der Waals surface area contributed by atoms with Gasteiger partial charge in [0, 0.05) is 13.1 Å². The lowest BCUT2D eigenvalue weighted by atomic mass is 10.2. The standard InChI is InChI=1S/C11H13NO5S/c1-9-3-5-10(6-4-9)18(14,15)17-16-11(13)12-7-2-8-12/h3-6H,2,7-8H2,1H3. The highest BCUT2D eigenvalue weighted by Gasteiger charge is 2.25. The van der Waals surface area contributed by atoms with Crippen molar-refractivity contribution in [1.29, 1.82) is 0 Å². The number of benzene rings is 1. The average Bonchev–Trinajstić information content (AvgIpc) is 2.25. The summed E-state index contributed by atoms with van der Waals surface area (Å²) in [4.78, 5) is 16.9. The number of likely N-dealkylation sites (tertiary alicyclic amines) is 1. The Morgan fingerprint density at radius 3 is 2.33 bits per heavy atom. The minimum Gasteiger partial charge on any atom is -0.306 e. The van der Waals surface area contributed by atoms with Crippen molar-refractivity contribution in [3.8, 4) is 0 Å². The van der Waals surface area contributed by atoms with Gasteiger partial charge in [-0.15, -0.1) is 0 Å². The molecule has 1 aromatic carbocycles. The van der Waals surface area contributed by atoms with E-state index in [1.165, 1.54) is 17.0 Å². The van der Waals surface area contributed by atoms with Crippen molar-refractivity contribution >= 4 is 16.2 Å². The molecule has 18 heavy (non-hydrogen) atoms. The fraction of sp³-hybridized carbons (Fsp3) is 0.364. The number of nitrogens with zero attached hydrogens (tertiary/aromatic N) is 1. The number of hydrogen-bond acceptors (Lipinski definition) is 5. The second kappa shape index (κ2) is 4.95. The van der Waals surface area contributed by atoms with Crippen LogP contribution >= 0.6 is 0 Å². The molecule has 1 amide bonds. The third-order valence-corrected chi connectivity index (χ3v) is 3.72. The van der Waals surface area contributed by atoms with Gasteiger partial charge in [-0.3, -0.25) is 4.89 Å². The molecule has 1 aliphatic rings. The lowest BCUT2D eigenvalue weighted by Gasteiger charge is -2.28. The Morgan fingerprint density at radius 1 is 1.22 bits per heavy atom. The minimum atomic E-state index is -4.06. The first kappa shape index (κ1) is 12.8. The summed E-state index contributed by atoms with van der Waals surface area (Å²) in [6, 6.07) is 6.05. The molecular weight excluding hydrogens is 258 g/mol. The quantitative estimate of drug-likeness (QED) is 0.614. The number of amides is 1. The topological polar surface area (TPSA) is 72.9 Å². The fourth-order valence-electron chi connectivity index (χ4n) is 1.37. The molecule has 1 aliphatic heterocycles. The fourth-order valence-corrected chi connectivity index (χ4v) is 2.07. The normalized spacial score (nSPS) is 15.1. The van der Waals surface area contributed by atoms with E-state index in [1.54, 1.807) is 12.1 Å². The molecule has 0 radical (unpaired) electrons. The summed E-state index contributed by atoms with van der Waals surface area (Å²) in [6.45, 7) is 2.96. The van der Waals surface area contributed by atoms with Crippen LogP contribution in [0.1, 0.15) is 12.0 Å². The lowest BCUT2D eigenvalue weighted by molar-refractivity contribution is -0.152. The van der Waals surface area contributed by atoms with Crippen molar-refractivity contribution in [2.24, 2.45) is 0 Å². The molecule has 1 fully saturated rings. The summed E-state index contributed by atoms with van der Waals surface area (Å²) in [5.74, 6) is 0. The predicted molar refractivity (Wildman–Crippen MR) is 62.1 cm³/mol. The molecule has 2 rings (SSSR count). The van der Waals surface area contributed by atoms with E-state index < -0.39 is 16.2 Å². The van der Waals surface area contributed by atoms with E-state index in [2.05, 4.69) is 9.22 Å². The molecule has 0 unspecified atom stereocenters. The van der Waals surface area contributed by atoms with E-state index in [-0.39, 0.29) is 4.90 Å². The molecule has 6 nitrogen and oxygen atoms in total. The summed E-state index contributed by atoms with van der Waals surface area (Å²) in [5, 5.41) is 0. The molecule has 98 valence electrons. The third-order valence-electron chi connectivity index (χ3n) is 2.62. The predicted octanol–water partition coefficient (Wildman–Crippen LogP) is 1.46. The van der Waals surface area contributed by atoms with Crippen LogP contribution in [0.4, 0.5) is 4.79 Å². The maximum absolute atomic E-state index is 11.7. The third kappa shape index (κ3) is 2.80. The molecule has 0 aliphatic carbocycles. The highest BCUT2D eigenvalue weighted by atomic mass is 32.2. The molecule has 0 saturated carbocycles. The van der Waals surface area contributed by atoms with E-state index in [0.717, 1.165) is 12.0 Å². The highest BCUT2D eigenvalue weighted by Crippen LogP contribution is 2.15. The van der Waals surface area contributed by atoms with Crippen molar-refractivity contribution in [2.75, 3.05) is 13.1 Å². The second-order valence-electron chi connectivity index (χ2n) is 4.03. The maximum atomic E-state index is 11.7. The van der Waals surface area contributed by atoms with Gasteiger partial charge in [-0.25, -0.2) is 4.79 Å². The Kier molecular flexibility index (Phi) is 3.53. The van der Waals surface area contributed by atoms with Gasteiger partial charge in [0.25, 0.3) is 0 Å². The van der Waals surface area contributed by atoms with E-state index in [4.69, 9.17) is 0 Å². The van der Waals surface area contributed by atoms with Crippen molar-refractivity contribution in [3.05, 3.63) is 29.8 Å². The van der Waals surface area contributed by atoms with Crippen molar-refractivity contribution in [2.45, 2.75) is 18.2 Å². The second-order valence-corrected chi connectivity index (χ2v) is 5.54. The Balaban J connectivity index is 1.98. The number of rotatable bonds is 3. The molecule has 7 heteroatoms. The van der Waals surface area contributed by atoms with Crippen LogP contribution in [-0.2, 0) is 19.3 Å². The van der Waals surface area contributed by atoms with E-state index in [9.17, 15) is 13.2 Å². The summed E-state index contributed by atoms with van der Waals surface area (Å²) in [7, 11) is -4.06. The zero-order chi connectivity index (χ0) is 13.2. The van der Waals surface area contributed by atoms with Gasteiger partial charge in [0.15, 0.2) is 0 Å². The molecule has 0 N–H and O–H groups in total. The first-order valence-corrected chi connectivity index (χ1v) is 6.86. The monoisotopic (exact) mass is 271 g/mol. The van der Waals surface area contributed by atoms with Gasteiger partial charge >= 0.3 is 16.2 Å². The van der Waals surface area contributed by atoms with E-state index in [0.29, 0.717) is 13.1 Å². The number of carbonyl (C=O) groups is 1. The van der Waals surface area contributed by atoms with Gasteiger partial charge in [-0.2, -0.15) is 8.42 Å². The van der Waals surface area contributed by atoms with Crippen LogP contribution in [0.2, 0.25) is 0 Å². The van der Waals surface area contributed by atoms with Crippen LogP contribution in [0.3, 0.4) is 0 Å². The van der Waals surface area contributed by atoms with Crippen LogP contribution in [0.5, 0.6) is 0 Å². The zero-order valence-corrected chi connectivity index (χ0v) is 10.6. The SMILES string of the molecule is Cc1ccc(S(=O)(=O)OOC(=O)N2CCC2)cc1. The van der Waals surface area contributed by atoms with Gasteiger partial charge in [0.1, 0.15) is 0 Å². The summed E-state index contributed by atoms with van der Waals surface area (Å²) >= 11 is 0. The van der Waals surface area contributed by atoms with Gasteiger partial charge in [-0.05, 0) is 29.8 Å². The summed E-state index contributed by atoms with van der Waals surface area (Å²) < 4.78 is 27.6. The van der Waals surface area contributed by atoms with E-state index in [1.807, 2.05) is 6.92 Å². The average molecular weight is 271 g/mol. The minimum absolute atomic E-state index is 0.0514. The first-order chi connectivity index (χ1) is 8.49. The van der Waals surface area contributed by atoms with Crippen LogP contribution in [0.25, 0.3) is 0 Å². The maximum Gasteiger partial charge on any atom is 0.442 e. The highest BCUT2D eigenvalue weighted by molar-refractivity contribution is 7.86. The van der Waals surface area contributed by atoms with Gasteiger partial charge in [0.2, 0.25) is 0 Å². The Labute approximate surface area is 105 Å². The van der Waals surface area contributed by atoms with Crippen molar-refractivity contribution in [1.82, 2.24) is 4.90 Å². The van der Waals surface area contributed by atoms with Crippen LogP contribution in [0, 0.1) is 6.92 Å². The summed E-state index contributed by atoms with van der Waals surface area (Å²) in [5.41, 5.74) is 0.923. The molecule has 1 heterocycles. The molecular formula is C11H13NO5S. The van der Waals surface area contributed by atoms with Gasteiger partial charge in [-0.1, -0.05) is 17.7 Å². The van der Waals surface area contributed by atoms with Gasteiger partial charge in [0.05, 0.1) is 4.90 Å². The number of aryl methyl sites for hydroxylation is 1. The number of hydrogen-bond donors (Lipinski definition) is 0. The Bertz CT molecular complexity index is 533.